The Kier molecular flexibility index (Phi) is 5.93. The molecule has 0 radical (unpaired) electrons. The zero-order valence-corrected chi connectivity index (χ0v) is 16.3. The van der Waals surface area contributed by atoms with Gasteiger partial charge in [0.1, 0.15) is 0 Å². The maximum absolute atomic E-state index is 11.3. The van der Waals surface area contributed by atoms with Crippen LogP contribution in [0.15, 0.2) is 48.5 Å². The van der Waals surface area contributed by atoms with Crippen molar-refractivity contribution in [2.45, 2.75) is 25.4 Å². The first-order chi connectivity index (χ1) is 13.7. The Morgan fingerprint density at radius 2 is 1.86 bits per heavy atom. The standard InChI is InChI=1S/C23H29N3O2/c24-23(27)19-6-8-20(9-7-19)26-13-3-12-25(15-16-26)14-10-22-21-5-2-1-4-18(21)11-17-28-22/h1-2,4-9,22H,3,10-17H2,(H2,24,27)/t22-/m0/s1. The zero-order valence-electron chi connectivity index (χ0n) is 16.3. The van der Waals surface area contributed by atoms with E-state index in [9.17, 15) is 4.79 Å². The fourth-order valence-corrected chi connectivity index (χ4v) is 4.30. The highest BCUT2D eigenvalue weighted by atomic mass is 16.5. The van der Waals surface area contributed by atoms with Gasteiger partial charge >= 0.3 is 0 Å². The smallest absolute Gasteiger partial charge is 0.248 e. The summed E-state index contributed by atoms with van der Waals surface area (Å²) in [6.45, 7) is 6.09. The molecule has 0 saturated carbocycles. The van der Waals surface area contributed by atoms with Crippen molar-refractivity contribution < 1.29 is 9.53 Å². The van der Waals surface area contributed by atoms with Crippen molar-refractivity contribution in [2.24, 2.45) is 5.73 Å². The molecule has 2 aliphatic rings. The molecule has 1 amide bonds. The minimum absolute atomic E-state index is 0.227. The molecule has 2 aromatic rings. The van der Waals surface area contributed by atoms with Gasteiger partial charge in [0, 0.05) is 37.4 Å². The summed E-state index contributed by atoms with van der Waals surface area (Å²) in [5.41, 5.74) is 9.89. The molecule has 2 aromatic carbocycles. The highest BCUT2D eigenvalue weighted by Gasteiger charge is 2.22. The molecule has 1 fully saturated rings. The van der Waals surface area contributed by atoms with Gasteiger partial charge < -0.3 is 20.3 Å². The third kappa shape index (κ3) is 4.37. The van der Waals surface area contributed by atoms with E-state index in [1.54, 1.807) is 0 Å². The number of ether oxygens (including phenoxy) is 1. The highest BCUT2D eigenvalue weighted by Crippen LogP contribution is 2.29. The molecule has 0 spiro atoms. The van der Waals surface area contributed by atoms with Gasteiger partial charge in [-0.1, -0.05) is 24.3 Å². The SMILES string of the molecule is NC(=O)c1ccc(N2CCCN(CC[C@@H]3OCCc4ccccc43)CC2)cc1. The van der Waals surface area contributed by atoms with E-state index in [0.717, 1.165) is 64.3 Å². The average molecular weight is 380 g/mol. The molecule has 148 valence electrons. The lowest BCUT2D eigenvalue weighted by molar-refractivity contribution is 0.0297. The van der Waals surface area contributed by atoms with Gasteiger partial charge in [0.05, 0.1) is 12.7 Å². The second kappa shape index (κ2) is 8.76. The first-order valence-corrected chi connectivity index (χ1v) is 10.3. The zero-order chi connectivity index (χ0) is 19.3. The van der Waals surface area contributed by atoms with Gasteiger partial charge in [0.2, 0.25) is 5.91 Å². The van der Waals surface area contributed by atoms with Gasteiger partial charge in [-0.3, -0.25) is 4.79 Å². The van der Waals surface area contributed by atoms with Gasteiger partial charge in [-0.25, -0.2) is 0 Å². The number of carbonyl (C=O) groups excluding carboxylic acids is 1. The van der Waals surface area contributed by atoms with Crippen LogP contribution in [-0.2, 0) is 11.2 Å². The topological polar surface area (TPSA) is 58.8 Å². The molecule has 0 unspecified atom stereocenters. The minimum Gasteiger partial charge on any atom is -0.373 e. The van der Waals surface area contributed by atoms with E-state index < -0.39 is 0 Å². The molecule has 2 heterocycles. The van der Waals surface area contributed by atoms with Crippen molar-refractivity contribution in [3.8, 4) is 0 Å². The first kappa shape index (κ1) is 19.0. The van der Waals surface area contributed by atoms with E-state index in [1.807, 2.05) is 24.3 Å². The maximum Gasteiger partial charge on any atom is 0.248 e. The molecule has 1 saturated heterocycles. The number of carbonyl (C=O) groups is 1. The maximum atomic E-state index is 11.3. The van der Waals surface area contributed by atoms with Crippen LogP contribution < -0.4 is 10.6 Å². The summed E-state index contributed by atoms with van der Waals surface area (Å²) in [5.74, 6) is -0.375. The number of anilines is 1. The normalized spacial score (nSPS) is 20.4. The van der Waals surface area contributed by atoms with E-state index in [2.05, 4.69) is 34.1 Å². The number of hydrogen-bond donors (Lipinski definition) is 1. The van der Waals surface area contributed by atoms with Crippen LogP contribution in [0.3, 0.4) is 0 Å². The second-order valence-corrected chi connectivity index (χ2v) is 7.69. The molecule has 0 bridgehead atoms. The fourth-order valence-electron chi connectivity index (χ4n) is 4.30. The van der Waals surface area contributed by atoms with Crippen molar-refractivity contribution in [1.29, 1.82) is 0 Å². The molecule has 5 nitrogen and oxygen atoms in total. The van der Waals surface area contributed by atoms with Gasteiger partial charge in [-0.05, 0) is 61.2 Å². The van der Waals surface area contributed by atoms with Gasteiger partial charge in [0.25, 0.3) is 0 Å². The average Bonchev–Trinajstić information content (AvgIpc) is 2.98. The van der Waals surface area contributed by atoms with Crippen LogP contribution >= 0.6 is 0 Å². The predicted molar refractivity (Wildman–Crippen MR) is 112 cm³/mol. The van der Waals surface area contributed by atoms with Crippen LogP contribution in [0.25, 0.3) is 0 Å². The predicted octanol–water partition coefficient (Wildman–Crippen LogP) is 3.00. The van der Waals surface area contributed by atoms with Crippen LogP contribution in [0.5, 0.6) is 0 Å². The van der Waals surface area contributed by atoms with Crippen LogP contribution in [0.2, 0.25) is 0 Å². The van der Waals surface area contributed by atoms with Gasteiger partial charge in [-0.2, -0.15) is 0 Å². The Hall–Kier alpha value is -2.37. The van der Waals surface area contributed by atoms with E-state index >= 15 is 0 Å². The quantitative estimate of drug-likeness (QED) is 0.868. The summed E-state index contributed by atoms with van der Waals surface area (Å²) >= 11 is 0. The van der Waals surface area contributed by atoms with Crippen molar-refractivity contribution in [3.63, 3.8) is 0 Å². The molecule has 4 rings (SSSR count). The molecule has 2 aliphatic heterocycles. The first-order valence-electron chi connectivity index (χ1n) is 10.3. The minimum atomic E-state index is -0.375. The molecular formula is C23H29N3O2. The highest BCUT2D eigenvalue weighted by molar-refractivity contribution is 5.93. The molecular weight excluding hydrogens is 350 g/mol. The van der Waals surface area contributed by atoms with Gasteiger partial charge in [0.15, 0.2) is 0 Å². The summed E-state index contributed by atoms with van der Waals surface area (Å²) in [6, 6.07) is 16.3. The Labute approximate surface area is 167 Å². The van der Waals surface area contributed by atoms with Crippen LogP contribution in [0.1, 0.15) is 40.4 Å². The number of primary amides is 1. The van der Waals surface area contributed by atoms with Crippen LogP contribution in [0.4, 0.5) is 5.69 Å². The molecule has 0 aliphatic carbocycles. The Morgan fingerprint density at radius 3 is 2.68 bits per heavy atom. The van der Waals surface area contributed by atoms with Crippen molar-refractivity contribution >= 4 is 11.6 Å². The van der Waals surface area contributed by atoms with Crippen molar-refractivity contribution in [1.82, 2.24) is 4.90 Å². The summed E-state index contributed by atoms with van der Waals surface area (Å²) in [7, 11) is 0. The number of fused-ring (bicyclic) bond motifs is 1. The van der Waals surface area contributed by atoms with Crippen LogP contribution in [0, 0.1) is 0 Å². The van der Waals surface area contributed by atoms with Crippen LogP contribution in [-0.4, -0.2) is 50.1 Å². The Morgan fingerprint density at radius 1 is 1.04 bits per heavy atom. The molecule has 2 N–H and O–H groups in total. The lowest BCUT2D eigenvalue weighted by atomic mass is 9.96. The number of benzene rings is 2. The Balaban J connectivity index is 1.32. The fraction of sp³-hybridized carbons (Fsp3) is 0.435. The Bertz CT molecular complexity index is 806. The summed E-state index contributed by atoms with van der Waals surface area (Å²) in [5, 5.41) is 0. The lowest BCUT2D eigenvalue weighted by Crippen LogP contribution is -2.32. The second-order valence-electron chi connectivity index (χ2n) is 7.69. The summed E-state index contributed by atoms with van der Waals surface area (Å²) in [6.07, 6.45) is 3.44. The summed E-state index contributed by atoms with van der Waals surface area (Å²) < 4.78 is 6.07. The number of nitrogens with zero attached hydrogens (tertiary/aromatic N) is 2. The van der Waals surface area contributed by atoms with E-state index in [-0.39, 0.29) is 12.0 Å². The van der Waals surface area contributed by atoms with Gasteiger partial charge in [-0.15, -0.1) is 0 Å². The van der Waals surface area contributed by atoms with Crippen molar-refractivity contribution in [2.75, 3.05) is 44.2 Å². The largest absolute Gasteiger partial charge is 0.373 e. The number of nitrogens with two attached hydrogens (primary N) is 1. The van der Waals surface area contributed by atoms with E-state index in [0.29, 0.717) is 5.56 Å². The number of rotatable bonds is 5. The lowest BCUT2D eigenvalue weighted by Gasteiger charge is -2.29. The van der Waals surface area contributed by atoms with Crippen molar-refractivity contribution in [3.05, 3.63) is 65.2 Å². The molecule has 5 heteroatoms. The third-order valence-electron chi connectivity index (χ3n) is 5.91. The molecule has 28 heavy (non-hydrogen) atoms. The van der Waals surface area contributed by atoms with E-state index in [1.165, 1.54) is 11.1 Å². The monoisotopic (exact) mass is 379 g/mol. The number of amides is 1. The number of hydrogen-bond acceptors (Lipinski definition) is 4. The summed E-state index contributed by atoms with van der Waals surface area (Å²) in [4.78, 5) is 16.2. The molecule has 0 aromatic heterocycles. The third-order valence-corrected chi connectivity index (χ3v) is 5.91. The van der Waals surface area contributed by atoms with E-state index in [4.69, 9.17) is 10.5 Å². The molecule has 1 atom stereocenters.